The lowest BCUT2D eigenvalue weighted by Gasteiger charge is -2.18. The molecule has 0 saturated heterocycles. The molecule has 0 aliphatic carbocycles. The molecule has 0 aliphatic rings. The predicted molar refractivity (Wildman–Crippen MR) is 60.3 cm³/mol. The van der Waals surface area contributed by atoms with Gasteiger partial charge in [-0.3, -0.25) is 4.79 Å². The van der Waals surface area contributed by atoms with E-state index < -0.39 is 12.0 Å². The van der Waals surface area contributed by atoms with Crippen molar-refractivity contribution in [3.05, 3.63) is 23.5 Å². The van der Waals surface area contributed by atoms with Gasteiger partial charge in [0, 0.05) is 11.4 Å². The summed E-state index contributed by atoms with van der Waals surface area (Å²) in [5, 5.41) is 0. The summed E-state index contributed by atoms with van der Waals surface area (Å²) < 4.78 is 6.63. The number of aryl methyl sites for hydroxylation is 2. The summed E-state index contributed by atoms with van der Waals surface area (Å²) in [4.78, 5) is 23.3. The Morgan fingerprint density at radius 1 is 1.31 bits per heavy atom. The summed E-state index contributed by atoms with van der Waals surface area (Å²) in [6.45, 7) is 7.14. The minimum Gasteiger partial charge on any atom is -0.464 e. The summed E-state index contributed by atoms with van der Waals surface area (Å²) in [5.74, 6) is -0.696. The second-order valence-corrected chi connectivity index (χ2v) is 3.75. The molecular formula is C12H17NO3. The topological polar surface area (TPSA) is 48.3 Å². The monoisotopic (exact) mass is 223 g/mol. The van der Waals surface area contributed by atoms with Crippen molar-refractivity contribution in [1.29, 1.82) is 0 Å². The lowest BCUT2D eigenvalue weighted by atomic mass is 10.2. The maximum absolute atomic E-state index is 11.7. The molecule has 0 fully saturated rings. The molecule has 0 spiro atoms. The van der Waals surface area contributed by atoms with E-state index in [1.807, 2.05) is 26.0 Å². The normalized spacial score (nSPS) is 12.2. The van der Waals surface area contributed by atoms with Crippen LogP contribution in [0, 0.1) is 13.8 Å². The van der Waals surface area contributed by atoms with Crippen molar-refractivity contribution < 1.29 is 14.3 Å². The quantitative estimate of drug-likeness (QED) is 0.577. The van der Waals surface area contributed by atoms with E-state index in [2.05, 4.69) is 0 Å². The zero-order valence-electron chi connectivity index (χ0n) is 10.1. The molecule has 1 heterocycles. The van der Waals surface area contributed by atoms with Gasteiger partial charge in [-0.2, -0.15) is 0 Å². The maximum Gasteiger partial charge on any atom is 0.336 e. The van der Waals surface area contributed by atoms with E-state index in [0.29, 0.717) is 0 Å². The highest BCUT2D eigenvalue weighted by Gasteiger charge is 2.28. The number of carbonyl (C=O) groups excluding carboxylic acids is 2. The Labute approximate surface area is 95.2 Å². The first-order chi connectivity index (χ1) is 7.49. The van der Waals surface area contributed by atoms with Gasteiger partial charge in [0.1, 0.15) is 0 Å². The molecule has 1 rings (SSSR count). The van der Waals surface area contributed by atoms with Gasteiger partial charge < -0.3 is 9.30 Å². The molecule has 1 aromatic rings. The van der Waals surface area contributed by atoms with Crippen molar-refractivity contribution in [2.45, 2.75) is 33.7 Å². The van der Waals surface area contributed by atoms with Crippen LogP contribution in [0.15, 0.2) is 12.1 Å². The molecule has 88 valence electrons. The molecule has 0 amide bonds. The van der Waals surface area contributed by atoms with Crippen LogP contribution >= 0.6 is 0 Å². The van der Waals surface area contributed by atoms with Crippen LogP contribution in [0.3, 0.4) is 0 Å². The number of rotatable bonds is 4. The van der Waals surface area contributed by atoms with Gasteiger partial charge in [-0.25, -0.2) is 4.79 Å². The number of Topliss-reactive ketones (excluding diaryl/α,β-unsaturated/α-hetero) is 1. The molecule has 0 radical (unpaired) electrons. The average molecular weight is 223 g/mol. The number of nitrogens with zero attached hydrogens (tertiary/aromatic N) is 1. The van der Waals surface area contributed by atoms with Crippen molar-refractivity contribution >= 4 is 11.8 Å². The van der Waals surface area contributed by atoms with Crippen molar-refractivity contribution in [2.24, 2.45) is 0 Å². The molecule has 16 heavy (non-hydrogen) atoms. The van der Waals surface area contributed by atoms with Crippen molar-refractivity contribution in [3.63, 3.8) is 0 Å². The molecule has 0 bridgehead atoms. The summed E-state index contributed by atoms with van der Waals surface area (Å²) >= 11 is 0. The average Bonchev–Trinajstić information content (AvgIpc) is 2.50. The number of hydrogen-bond acceptors (Lipinski definition) is 3. The Morgan fingerprint density at radius 2 is 1.81 bits per heavy atom. The number of hydrogen-bond donors (Lipinski definition) is 0. The van der Waals surface area contributed by atoms with Gasteiger partial charge in [-0.05, 0) is 39.8 Å². The SMILES string of the molecule is CCOC(=O)C(C(C)=O)n1c(C)ccc1C. The van der Waals surface area contributed by atoms with Crippen molar-refractivity contribution in [2.75, 3.05) is 6.61 Å². The second-order valence-electron chi connectivity index (χ2n) is 3.75. The standard InChI is InChI=1S/C12H17NO3/c1-5-16-12(15)11(10(4)14)13-8(2)6-7-9(13)3/h6-7,11H,5H2,1-4H3. The molecule has 0 N–H and O–H groups in total. The fourth-order valence-electron chi connectivity index (χ4n) is 1.76. The van der Waals surface area contributed by atoms with E-state index in [1.54, 1.807) is 11.5 Å². The minimum atomic E-state index is -0.852. The molecule has 4 nitrogen and oxygen atoms in total. The van der Waals surface area contributed by atoms with Crippen LogP contribution in [0.5, 0.6) is 0 Å². The Hall–Kier alpha value is -1.58. The van der Waals surface area contributed by atoms with Crippen LogP contribution in [0.2, 0.25) is 0 Å². The highest BCUT2D eigenvalue weighted by Crippen LogP contribution is 2.18. The smallest absolute Gasteiger partial charge is 0.336 e. The number of esters is 1. The van der Waals surface area contributed by atoms with Crippen LogP contribution in [0.4, 0.5) is 0 Å². The van der Waals surface area contributed by atoms with Gasteiger partial charge in [-0.15, -0.1) is 0 Å². The van der Waals surface area contributed by atoms with E-state index >= 15 is 0 Å². The number of ketones is 1. The van der Waals surface area contributed by atoms with Crippen molar-refractivity contribution in [1.82, 2.24) is 4.57 Å². The zero-order valence-corrected chi connectivity index (χ0v) is 10.1. The Kier molecular flexibility index (Phi) is 3.88. The van der Waals surface area contributed by atoms with Gasteiger partial charge in [0.15, 0.2) is 11.8 Å². The predicted octanol–water partition coefficient (Wildman–Crippen LogP) is 1.80. The van der Waals surface area contributed by atoms with Crippen LogP contribution in [0.25, 0.3) is 0 Å². The van der Waals surface area contributed by atoms with E-state index in [1.165, 1.54) is 6.92 Å². The lowest BCUT2D eigenvalue weighted by molar-refractivity contribution is -0.150. The lowest BCUT2D eigenvalue weighted by Crippen LogP contribution is -2.29. The molecular weight excluding hydrogens is 206 g/mol. The highest BCUT2D eigenvalue weighted by atomic mass is 16.5. The van der Waals surface area contributed by atoms with Gasteiger partial charge >= 0.3 is 5.97 Å². The third-order valence-electron chi connectivity index (χ3n) is 2.48. The van der Waals surface area contributed by atoms with Gasteiger partial charge in [0.2, 0.25) is 0 Å². The molecule has 1 unspecified atom stereocenters. The zero-order chi connectivity index (χ0) is 12.3. The Balaban J connectivity index is 3.13. The van der Waals surface area contributed by atoms with Crippen LogP contribution in [-0.2, 0) is 14.3 Å². The molecule has 0 aromatic carbocycles. The van der Waals surface area contributed by atoms with E-state index in [4.69, 9.17) is 4.74 Å². The fraction of sp³-hybridized carbons (Fsp3) is 0.500. The van der Waals surface area contributed by atoms with E-state index in [-0.39, 0.29) is 12.4 Å². The van der Waals surface area contributed by atoms with Crippen LogP contribution < -0.4 is 0 Å². The Morgan fingerprint density at radius 3 is 2.19 bits per heavy atom. The minimum absolute atomic E-state index is 0.208. The molecule has 4 heteroatoms. The maximum atomic E-state index is 11.7. The third kappa shape index (κ3) is 2.32. The number of ether oxygens (including phenoxy) is 1. The summed E-state index contributed by atoms with van der Waals surface area (Å²) in [6.07, 6.45) is 0. The molecule has 0 saturated carbocycles. The van der Waals surface area contributed by atoms with E-state index in [9.17, 15) is 9.59 Å². The van der Waals surface area contributed by atoms with Crippen LogP contribution in [-0.4, -0.2) is 22.9 Å². The highest BCUT2D eigenvalue weighted by molar-refractivity contribution is 6.00. The van der Waals surface area contributed by atoms with Crippen LogP contribution in [0.1, 0.15) is 31.3 Å². The third-order valence-corrected chi connectivity index (χ3v) is 2.48. The Bertz CT molecular complexity index is 387. The molecule has 0 aliphatic heterocycles. The number of carbonyl (C=O) groups is 2. The second kappa shape index (κ2) is 4.96. The first-order valence-electron chi connectivity index (χ1n) is 5.30. The first-order valence-corrected chi connectivity index (χ1v) is 5.30. The summed E-state index contributed by atoms with van der Waals surface area (Å²) in [6, 6.07) is 2.91. The number of aromatic nitrogens is 1. The molecule has 1 aromatic heterocycles. The summed E-state index contributed by atoms with van der Waals surface area (Å²) in [7, 11) is 0. The van der Waals surface area contributed by atoms with Gasteiger partial charge in [0.05, 0.1) is 6.61 Å². The first kappa shape index (κ1) is 12.5. The van der Waals surface area contributed by atoms with Crippen molar-refractivity contribution in [3.8, 4) is 0 Å². The molecule has 1 atom stereocenters. The largest absolute Gasteiger partial charge is 0.464 e. The fourth-order valence-corrected chi connectivity index (χ4v) is 1.76. The van der Waals surface area contributed by atoms with Gasteiger partial charge in [0.25, 0.3) is 0 Å². The van der Waals surface area contributed by atoms with Gasteiger partial charge in [-0.1, -0.05) is 0 Å². The van der Waals surface area contributed by atoms with E-state index in [0.717, 1.165) is 11.4 Å². The summed E-state index contributed by atoms with van der Waals surface area (Å²) in [5.41, 5.74) is 1.76.